The lowest BCUT2D eigenvalue weighted by atomic mass is 10.4. The number of carbonyl (C=O) groups is 1. The number of nitrogens with one attached hydrogen (secondary N) is 1. The number of imidazole rings is 1. The Morgan fingerprint density at radius 2 is 2.31 bits per heavy atom. The first kappa shape index (κ1) is 10.2. The fourth-order valence-electron chi connectivity index (χ4n) is 0.918. The Balaban J connectivity index is 2.84. The lowest BCUT2D eigenvalue weighted by Crippen LogP contribution is -2.06. The van der Waals surface area contributed by atoms with E-state index < -0.39 is 5.97 Å². The van der Waals surface area contributed by atoms with Gasteiger partial charge in [-0.2, -0.15) is 0 Å². The molecule has 1 aromatic rings. The van der Waals surface area contributed by atoms with Crippen molar-refractivity contribution in [1.82, 2.24) is 9.97 Å². The number of aryl methyl sites for hydroxylation is 1. The van der Waals surface area contributed by atoms with E-state index in [9.17, 15) is 4.79 Å². The number of nitrogens with zero attached hydrogens (tertiary/aromatic N) is 1. The molecule has 0 saturated carbocycles. The van der Waals surface area contributed by atoms with E-state index in [1.807, 2.05) is 6.92 Å². The molecule has 0 saturated heterocycles. The van der Waals surface area contributed by atoms with Crippen molar-refractivity contribution < 1.29 is 9.53 Å². The summed E-state index contributed by atoms with van der Waals surface area (Å²) in [5.41, 5.74) is 0.906. The van der Waals surface area contributed by atoms with Gasteiger partial charge in [-0.15, -0.1) is 0 Å². The smallest absolute Gasteiger partial charge is 0.374 e. The molecule has 1 N–H and O–H groups in total. The Bertz CT molecular complexity index is 309. The van der Waals surface area contributed by atoms with Crippen LogP contribution < -0.4 is 0 Å². The van der Waals surface area contributed by atoms with E-state index in [1.54, 1.807) is 6.92 Å². The molecule has 0 unspecified atom stereocenters. The maximum Gasteiger partial charge on any atom is 0.374 e. The molecule has 0 aliphatic rings. The average molecular weight is 247 g/mol. The number of H-pyrrole nitrogens is 1. The van der Waals surface area contributed by atoms with E-state index in [0.29, 0.717) is 11.2 Å². The quantitative estimate of drug-likeness (QED) is 0.830. The number of ether oxygens (including phenoxy) is 1. The highest BCUT2D eigenvalue weighted by atomic mass is 79.9. The van der Waals surface area contributed by atoms with E-state index in [-0.39, 0.29) is 5.82 Å². The molecule has 4 nitrogen and oxygen atoms in total. The molecular formula is C8H11BrN2O2. The summed E-state index contributed by atoms with van der Waals surface area (Å²) < 4.78 is 5.47. The minimum absolute atomic E-state index is 0.255. The van der Waals surface area contributed by atoms with Gasteiger partial charge in [0, 0.05) is 5.69 Å². The van der Waals surface area contributed by atoms with Crippen molar-refractivity contribution in [3.8, 4) is 0 Å². The maximum absolute atomic E-state index is 11.2. The zero-order chi connectivity index (χ0) is 9.84. The first-order valence-corrected chi connectivity index (χ1v) is 4.89. The second-order valence-corrected chi connectivity index (χ2v) is 3.18. The number of rotatable bonds is 3. The summed E-state index contributed by atoms with van der Waals surface area (Å²) in [6.45, 7) is 4.10. The molecule has 0 aromatic carbocycles. The van der Waals surface area contributed by atoms with E-state index in [2.05, 4.69) is 25.9 Å². The summed E-state index contributed by atoms with van der Waals surface area (Å²) in [4.78, 5) is 18.1. The van der Waals surface area contributed by atoms with Gasteiger partial charge in [-0.25, -0.2) is 9.78 Å². The molecule has 0 radical (unpaired) electrons. The third-order valence-electron chi connectivity index (χ3n) is 1.55. The molecular weight excluding hydrogens is 236 g/mol. The Morgan fingerprint density at radius 1 is 1.62 bits per heavy atom. The number of aromatic amines is 1. The van der Waals surface area contributed by atoms with Gasteiger partial charge in [-0.3, -0.25) is 0 Å². The summed E-state index contributed by atoms with van der Waals surface area (Å²) in [5.74, 6) is -0.159. The van der Waals surface area contributed by atoms with Gasteiger partial charge in [0.25, 0.3) is 0 Å². The van der Waals surface area contributed by atoms with Crippen molar-refractivity contribution in [2.45, 2.75) is 20.3 Å². The number of halogens is 1. The Labute approximate surface area is 84.8 Å². The predicted molar refractivity (Wildman–Crippen MR) is 51.6 cm³/mol. The predicted octanol–water partition coefficient (Wildman–Crippen LogP) is 1.91. The molecule has 0 aliphatic heterocycles. The molecule has 72 valence electrons. The molecule has 1 heterocycles. The van der Waals surface area contributed by atoms with Gasteiger partial charge in [0.1, 0.15) is 4.60 Å². The van der Waals surface area contributed by atoms with E-state index in [4.69, 9.17) is 4.74 Å². The monoisotopic (exact) mass is 246 g/mol. The van der Waals surface area contributed by atoms with E-state index >= 15 is 0 Å². The molecule has 0 aliphatic carbocycles. The van der Waals surface area contributed by atoms with E-state index in [1.165, 1.54) is 0 Å². The van der Waals surface area contributed by atoms with Crippen LogP contribution in [-0.4, -0.2) is 22.5 Å². The average Bonchev–Trinajstić information content (AvgIpc) is 2.47. The van der Waals surface area contributed by atoms with Gasteiger partial charge in [0.2, 0.25) is 5.82 Å². The lowest BCUT2D eigenvalue weighted by molar-refractivity contribution is 0.0513. The Kier molecular flexibility index (Phi) is 3.48. The van der Waals surface area contributed by atoms with Crippen molar-refractivity contribution in [3.63, 3.8) is 0 Å². The number of hydrogen-bond acceptors (Lipinski definition) is 3. The summed E-state index contributed by atoms with van der Waals surface area (Å²) in [6, 6.07) is 0. The van der Waals surface area contributed by atoms with Crippen LogP contribution in [0, 0.1) is 0 Å². The fraction of sp³-hybridized carbons (Fsp3) is 0.500. The van der Waals surface area contributed by atoms with Gasteiger partial charge in [0.05, 0.1) is 6.61 Å². The van der Waals surface area contributed by atoms with E-state index in [0.717, 1.165) is 12.1 Å². The summed E-state index contributed by atoms with van der Waals surface area (Å²) in [6.07, 6.45) is 0.799. The molecule has 0 bridgehead atoms. The van der Waals surface area contributed by atoms with Crippen LogP contribution in [0.5, 0.6) is 0 Å². The second kappa shape index (κ2) is 4.41. The van der Waals surface area contributed by atoms with Gasteiger partial charge in [-0.05, 0) is 29.3 Å². The topological polar surface area (TPSA) is 55.0 Å². The van der Waals surface area contributed by atoms with Crippen LogP contribution in [0.1, 0.15) is 30.2 Å². The highest BCUT2D eigenvalue weighted by molar-refractivity contribution is 9.10. The van der Waals surface area contributed by atoms with Crippen LogP contribution in [0.2, 0.25) is 0 Å². The SMILES string of the molecule is CCOC(=O)c1nc(Br)c(CC)[nH]1. The second-order valence-electron chi connectivity index (χ2n) is 2.43. The summed E-state index contributed by atoms with van der Waals surface area (Å²) in [5, 5.41) is 0. The zero-order valence-electron chi connectivity index (χ0n) is 7.56. The molecule has 0 spiro atoms. The molecule has 0 amide bonds. The summed E-state index contributed by atoms with van der Waals surface area (Å²) >= 11 is 3.25. The standard InChI is InChI=1S/C8H11BrN2O2/c1-3-5-6(9)11-7(10-5)8(12)13-4-2/h3-4H2,1-2H3,(H,10,11). The van der Waals surface area contributed by atoms with Crippen molar-refractivity contribution in [2.75, 3.05) is 6.61 Å². The van der Waals surface area contributed by atoms with Crippen LogP contribution in [-0.2, 0) is 11.2 Å². The minimum Gasteiger partial charge on any atom is -0.460 e. The van der Waals surface area contributed by atoms with Gasteiger partial charge in [-0.1, -0.05) is 6.92 Å². The third-order valence-corrected chi connectivity index (χ3v) is 2.21. The highest BCUT2D eigenvalue weighted by Crippen LogP contribution is 2.14. The van der Waals surface area contributed by atoms with Gasteiger partial charge >= 0.3 is 5.97 Å². The van der Waals surface area contributed by atoms with Crippen LogP contribution in [0.4, 0.5) is 0 Å². The van der Waals surface area contributed by atoms with Crippen LogP contribution in [0.15, 0.2) is 4.60 Å². The third kappa shape index (κ3) is 2.30. The van der Waals surface area contributed by atoms with Crippen molar-refractivity contribution in [3.05, 3.63) is 16.1 Å². The van der Waals surface area contributed by atoms with Crippen molar-refractivity contribution in [2.24, 2.45) is 0 Å². The molecule has 1 aromatic heterocycles. The number of carbonyl (C=O) groups excluding carboxylic acids is 1. The highest BCUT2D eigenvalue weighted by Gasteiger charge is 2.13. The normalized spacial score (nSPS) is 10.1. The Hall–Kier alpha value is -0.840. The maximum atomic E-state index is 11.2. The first-order chi connectivity index (χ1) is 6.19. The molecule has 5 heteroatoms. The van der Waals surface area contributed by atoms with Crippen LogP contribution in [0.3, 0.4) is 0 Å². The Morgan fingerprint density at radius 3 is 2.77 bits per heavy atom. The number of hydrogen-bond donors (Lipinski definition) is 1. The lowest BCUT2D eigenvalue weighted by Gasteiger charge is -1.95. The zero-order valence-corrected chi connectivity index (χ0v) is 9.14. The number of esters is 1. The van der Waals surface area contributed by atoms with Crippen molar-refractivity contribution >= 4 is 21.9 Å². The fourth-order valence-corrected chi connectivity index (χ4v) is 1.48. The van der Waals surface area contributed by atoms with Gasteiger partial charge < -0.3 is 9.72 Å². The molecule has 0 atom stereocenters. The molecule has 1 rings (SSSR count). The van der Waals surface area contributed by atoms with Crippen LogP contribution in [0.25, 0.3) is 0 Å². The minimum atomic E-state index is -0.414. The van der Waals surface area contributed by atoms with Crippen LogP contribution >= 0.6 is 15.9 Å². The number of aromatic nitrogens is 2. The summed E-state index contributed by atoms with van der Waals surface area (Å²) in [7, 11) is 0. The molecule has 0 fully saturated rings. The van der Waals surface area contributed by atoms with Crippen molar-refractivity contribution in [1.29, 1.82) is 0 Å². The van der Waals surface area contributed by atoms with Gasteiger partial charge in [0.15, 0.2) is 0 Å². The largest absolute Gasteiger partial charge is 0.460 e. The first-order valence-electron chi connectivity index (χ1n) is 4.10. The molecule has 13 heavy (non-hydrogen) atoms.